The smallest absolute Gasteiger partial charge is 0.254 e. The summed E-state index contributed by atoms with van der Waals surface area (Å²) in [5, 5.41) is 0.996. The van der Waals surface area contributed by atoms with Crippen molar-refractivity contribution >= 4 is 32.6 Å². The third-order valence-corrected chi connectivity index (χ3v) is 8.04. The number of hydrogen-bond acceptors (Lipinski definition) is 6. The number of nitrogens with zero attached hydrogens (tertiary/aromatic N) is 4. The lowest BCUT2D eigenvalue weighted by atomic mass is 10.1. The van der Waals surface area contributed by atoms with Crippen molar-refractivity contribution in [3.8, 4) is 0 Å². The number of hydrogen-bond donors (Lipinski definition) is 1. The number of benzene rings is 1. The summed E-state index contributed by atoms with van der Waals surface area (Å²) >= 11 is 0. The Kier molecular flexibility index (Phi) is 4.73. The van der Waals surface area contributed by atoms with Crippen molar-refractivity contribution in [3.05, 3.63) is 54.0 Å². The molecular formula is C22H25N5O3S. The zero-order valence-electron chi connectivity index (χ0n) is 17.4. The minimum Gasteiger partial charge on any atom is -0.352 e. The second kappa shape index (κ2) is 7.33. The Morgan fingerprint density at radius 3 is 2.61 bits per heavy atom. The van der Waals surface area contributed by atoms with E-state index in [2.05, 4.69) is 19.9 Å². The summed E-state index contributed by atoms with van der Waals surface area (Å²) in [7, 11) is -3.09. The molecule has 31 heavy (non-hydrogen) atoms. The van der Waals surface area contributed by atoms with E-state index in [0.29, 0.717) is 24.2 Å². The van der Waals surface area contributed by atoms with Crippen LogP contribution < -0.4 is 4.90 Å². The largest absolute Gasteiger partial charge is 0.352 e. The Morgan fingerprint density at radius 2 is 1.90 bits per heavy atom. The third-order valence-electron chi connectivity index (χ3n) is 6.38. The van der Waals surface area contributed by atoms with E-state index >= 15 is 0 Å². The van der Waals surface area contributed by atoms with Crippen LogP contribution in [-0.4, -0.2) is 65.1 Å². The van der Waals surface area contributed by atoms with E-state index < -0.39 is 9.84 Å². The number of rotatable bonds is 5. The highest BCUT2D eigenvalue weighted by molar-refractivity contribution is 7.90. The van der Waals surface area contributed by atoms with Gasteiger partial charge >= 0.3 is 0 Å². The first-order valence-electron chi connectivity index (χ1n) is 10.6. The lowest BCUT2D eigenvalue weighted by Gasteiger charge is -2.43. The Hall–Kier alpha value is -2.94. The summed E-state index contributed by atoms with van der Waals surface area (Å²) in [6.07, 6.45) is 5.39. The van der Waals surface area contributed by atoms with Gasteiger partial charge in [-0.25, -0.2) is 18.4 Å². The monoisotopic (exact) mass is 439 g/mol. The number of aromatic amines is 1. The molecule has 3 heterocycles. The Labute approximate surface area is 181 Å². The van der Waals surface area contributed by atoms with Gasteiger partial charge in [0.2, 0.25) is 0 Å². The summed E-state index contributed by atoms with van der Waals surface area (Å²) in [5.74, 6) is 1.04. The quantitative estimate of drug-likeness (QED) is 0.655. The van der Waals surface area contributed by atoms with Crippen molar-refractivity contribution in [3.63, 3.8) is 0 Å². The molecule has 1 saturated carbocycles. The Morgan fingerprint density at radius 1 is 1.13 bits per heavy atom. The molecule has 1 amide bonds. The summed E-state index contributed by atoms with van der Waals surface area (Å²) in [4.78, 5) is 29.4. The van der Waals surface area contributed by atoms with Crippen LogP contribution in [0, 0.1) is 0 Å². The first-order valence-corrected chi connectivity index (χ1v) is 12.4. The number of piperazine rings is 1. The van der Waals surface area contributed by atoms with Crippen molar-refractivity contribution < 1.29 is 13.2 Å². The zero-order chi connectivity index (χ0) is 21.6. The number of H-pyrrole nitrogens is 1. The summed E-state index contributed by atoms with van der Waals surface area (Å²) < 4.78 is 23.7. The van der Waals surface area contributed by atoms with Crippen molar-refractivity contribution in [1.82, 2.24) is 19.9 Å². The number of anilines is 1. The fourth-order valence-corrected chi connectivity index (χ4v) is 5.32. The van der Waals surface area contributed by atoms with E-state index in [9.17, 15) is 13.2 Å². The van der Waals surface area contributed by atoms with E-state index in [-0.39, 0.29) is 23.0 Å². The van der Waals surface area contributed by atoms with Gasteiger partial charge in [-0.15, -0.1) is 0 Å². The lowest BCUT2D eigenvalue weighted by Crippen LogP contribution is -2.57. The van der Waals surface area contributed by atoms with Crippen LogP contribution in [0.5, 0.6) is 0 Å². The van der Waals surface area contributed by atoms with Crippen LogP contribution in [0.2, 0.25) is 0 Å². The van der Waals surface area contributed by atoms with Crippen molar-refractivity contribution in [2.24, 2.45) is 0 Å². The van der Waals surface area contributed by atoms with Crippen LogP contribution in [0.15, 0.2) is 42.9 Å². The molecule has 1 aliphatic carbocycles. The van der Waals surface area contributed by atoms with Crippen molar-refractivity contribution in [1.29, 1.82) is 0 Å². The molecule has 1 saturated heterocycles. The SMILES string of the molecule is CCS(=O)(=O)Cc1ccc(C(=O)N2CCN(c3ncnc4[nH]ccc34)CC23CC3)cc1. The van der Waals surface area contributed by atoms with Crippen LogP contribution in [0.1, 0.15) is 35.7 Å². The number of aromatic nitrogens is 3. The maximum atomic E-state index is 13.3. The zero-order valence-corrected chi connectivity index (χ0v) is 18.2. The van der Waals surface area contributed by atoms with E-state index in [4.69, 9.17) is 0 Å². The molecule has 9 heteroatoms. The molecule has 8 nitrogen and oxygen atoms in total. The number of carbonyl (C=O) groups excluding carboxylic acids is 1. The molecule has 3 aromatic rings. The first kappa shape index (κ1) is 20.0. The van der Waals surface area contributed by atoms with Gasteiger partial charge in [-0.05, 0) is 36.6 Å². The predicted molar refractivity (Wildman–Crippen MR) is 119 cm³/mol. The molecule has 0 atom stereocenters. The molecule has 162 valence electrons. The number of carbonyl (C=O) groups is 1. The maximum Gasteiger partial charge on any atom is 0.254 e. The van der Waals surface area contributed by atoms with E-state index in [1.54, 1.807) is 37.5 Å². The fourth-order valence-electron chi connectivity index (χ4n) is 4.41. The molecule has 2 aromatic heterocycles. The van der Waals surface area contributed by atoms with Gasteiger partial charge in [0.05, 0.1) is 16.7 Å². The summed E-state index contributed by atoms with van der Waals surface area (Å²) in [5.41, 5.74) is 1.97. The van der Waals surface area contributed by atoms with Crippen LogP contribution in [0.3, 0.4) is 0 Å². The van der Waals surface area contributed by atoms with Gasteiger partial charge in [-0.3, -0.25) is 4.79 Å². The second-order valence-electron chi connectivity index (χ2n) is 8.41. The molecular weight excluding hydrogens is 414 g/mol. The van der Waals surface area contributed by atoms with Gasteiger partial charge in [0.25, 0.3) is 5.91 Å². The molecule has 1 N–H and O–H groups in total. The summed E-state index contributed by atoms with van der Waals surface area (Å²) in [6, 6.07) is 8.99. The normalized spacial score (nSPS) is 18.0. The minimum absolute atomic E-state index is 0.00708. The van der Waals surface area contributed by atoms with Gasteiger partial charge in [-0.2, -0.15) is 0 Å². The van der Waals surface area contributed by atoms with Crippen molar-refractivity contribution in [2.75, 3.05) is 30.3 Å². The molecule has 1 aliphatic heterocycles. The molecule has 0 unspecified atom stereocenters. The maximum absolute atomic E-state index is 13.3. The van der Waals surface area contributed by atoms with Crippen molar-refractivity contribution in [2.45, 2.75) is 31.1 Å². The van der Waals surface area contributed by atoms with E-state index in [0.717, 1.165) is 36.2 Å². The Bertz CT molecular complexity index is 1230. The van der Waals surface area contributed by atoms with Crippen LogP contribution in [0.25, 0.3) is 11.0 Å². The molecule has 2 aliphatic rings. The number of sulfone groups is 1. The predicted octanol–water partition coefficient (Wildman–Crippen LogP) is 2.39. The van der Waals surface area contributed by atoms with Gasteiger partial charge in [0, 0.05) is 37.1 Å². The van der Waals surface area contributed by atoms with E-state index in [1.165, 1.54) is 0 Å². The Balaban J connectivity index is 1.33. The van der Waals surface area contributed by atoms with Gasteiger partial charge in [0.1, 0.15) is 17.8 Å². The number of nitrogens with one attached hydrogen (secondary N) is 1. The van der Waals surface area contributed by atoms with E-state index in [1.807, 2.05) is 17.2 Å². The molecule has 0 radical (unpaired) electrons. The van der Waals surface area contributed by atoms with Crippen LogP contribution in [-0.2, 0) is 15.6 Å². The molecule has 2 fully saturated rings. The number of amides is 1. The summed E-state index contributed by atoms with van der Waals surface area (Å²) in [6.45, 7) is 3.73. The molecule has 1 spiro atoms. The topological polar surface area (TPSA) is 99.3 Å². The highest BCUT2D eigenvalue weighted by Crippen LogP contribution is 2.46. The third kappa shape index (κ3) is 3.67. The van der Waals surface area contributed by atoms with Crippen LogP contribution in [0.4, 0.5) is 5.82 Å². The lowest BCUT2D eigenvalue weighted by molar-refractivity contribution is 0.0624. The average Bonchev–Trinajstić information content (AvgIpc) is 3.35. The van der Waals surface area contributed by atoms with Gasteiger partial charge < -0.3 is 14.8 Å². The fraction of sp³-hybridized carbons (Fsp3) is 0.409. The van der Waals surface area contributed by atoms with Crippen LogP contribution >= 0.6 is 0 Å². The molecule has 5 rings (SSSR count). The first-order chi connectivity index (χ1) is 14.9. The van der Waals surface area contributed by atoms with Gasteiger partial charge in [-0.1, -0.05) is 19.1 Å². The minimum atomic E-state index is -3.09. The standard InChI is InChI=1S/C22H25N5O3S/c1-2-31(29,30)13-16-3-5-17(6-4-16)21(28)27-12-11-26(14-22(27)8-9-22)20-18-7-10-23-19(18)24-15-25-20/h3-7,10,15H,2,8-9,11-14H2,1H3,(H,23,24,25). The highest BCUT2D eigenvalue weighted by Gasteiger charge is 2.53. The second-order valence-corrected chi connectivity index (χ2v) is 10.8. The van der Waals surface area contributed by atoms with Gasteiger partial charge in [0.15, 0.2) is 9.84 Å². The molecule has 0 bridgehead atoms. The number of fused-ring (bicyclic) bond motifs is 1. The average molecular weight is 440 g/mol. The molecule has 1 aromatic carbocycles. The highest BCUT2D eigenvalue weighted by atomic mass is 32.2.